The van der Waals surface area contributed by atoms with E-state index in [1.165, 1.54) is 38.5 Å². The molecule has 0 nitrogen and oxygen atoms in total. The molecule has 0 radical (unpaired) electrons. The van der Waals surface area contributed by atoms with Gasteiger partial charge in [-0.05, 0) is 55.6 Å². The zero-order chi connectivity index (χ0) is 9.10. The molecule has 70 valence electrons. The van der Waals surface area contributed by atoms with Crippen molar-refractivity contribution in [2.24, 2.45) is 5.92 Å². The maximum absolute atomic E-state index is 3.79. The van der Waals surface area contributed by atoms with E-state index in [0.717, 1.165) is 5.92 Å². The van der Waals surface area contributed by atoms with Crippen LogP contribution < -0.4 is 0 Å². The highest BCUT2D eigenvalue weighted by molar-refractivity contribution is 5.37. The quantitative estimate of drug-likeness (QED) is 0.563. The lowest BCUT2D eigenvalue weighted by molar-refractivity contribution is 0.439. The molecular formula is C13H18. The van der Waals surface area contributed by atoms with Crippen LogP contribution in [0.3, 0.4) is 0 Å². The predicted molar refractivity (Wildman–Crippen MR) is 57.6 cm³/mol. The third-order valence-electron chi connectivity index (χ3n) is 3.25. The van der Waals surface area contributed by atoms with Crippen molar-refractivity contribution >= 4 is 0 Å². The standard InChI is InChI=1S/C13H18/c1-2-6-11-8-5-9-12-7-3-4-10-13(11)12/h2,6,10,12H,1,3-5,7-9H2/b11-6-. The highest BCUT2D eigenvalue weighted by atomic mass is 14.3. The van der Waals surface area contributed by atoms with E-state index in [0.29, 0.717) is 0 Å². The van der Waals surface area contributed by atoms with Crippen LogP contribution in [0.2, 0.25) is 0 Å². The first-order chi connectivity index (χ1) is 6.42. The molecule has 2 aliphatic carbocycles. The third kappa shape index (κ3) is 1.77. The summed E-state index contributed by atoms with van der Waals surface area (Å²) < 4.78 is 0. The van der Waals surface area contributed by atoms with Crippen molar-refractivity contribution in [2.45, 2.75) is 38.5 Å². The minimum atomic E-state index is 0.883. The summed E-state index contributed by atoms with van der Waals surface area (Å²) in [6.45, 7) is 3.79. The molecule has 0 heterocycles. The zero-order valence-electron chi connectivity index (χ0n) is 8.26. The minimum Gasteiger partial charge on any atom is -0.0991 e. The van der Waals surface area contributed by atoms with E-state index in [2.05, 4.69) is 18.7 Å². The monoisotopic (exact) mass is 174 g/mol. The summed E-state index contributed by atoms with van der Waals surface area (Å²) in [7, 11) is 0. The largest absolute Gasteiger partial charge is 0.0991 e. The van der Waals surface area contributed by atoms with E-state index >= 15 is 0 Å². The molecule has 2 aliphatic rings. The van der Waals surface area contributed by atoms with Gasteiger partial charge in [0.1, 0.15) is 0 Å². The van der Waals surface area contributed by atoms with E-state index in [4.69, 9.17) is 0 Å². The van der Waals surface area contributed by atoms with Crippen molar-refractivity contribution in [3.8, 4) is 0 Å². The summed E-state index contributed by atoms with van der Waals surface area (Å²) >= 11 is 0. The van der Waals surface area contributed by atoms with Crippen molar-refractivity contribution in [3.63, 3.8) is 0 Å². The van der Waals surface area contributed by atoms with Crippen LogP contribution in [0.1, 0.15) is 38.5 Å². The van der Waals surface area contributed by atoms with E-state index in [9.17, 15) is 0 Å². The van der Waals surface area contributed by atoms with Gasteiger partial charge in [-0.2, -0.15) is 0 Å². The Labute approximate surface area is 81.0 Å². The lowest BCUT2D eigenvalue weighted by Gasteiger charge is -2.30. The average molecular weight is 174 g/mol. The summed E-state index contributed by atoms with van der Waals surface area (Å²) in [4.78, 5) is 0. The number of hydrogen-bond acceptors (Lipinski definition) is 0. The van der Waals surface area contributed by atoms with Gasteiger partial charge in [-0.15, -0.1) is 0 Å². The van der Waals surface area contributed by atoms with Crippen molar-refractivity contribution in [1.29, 1.82) is 0 Å². The van der Waals surface area contributed by atoms with Crippen molar-refractivity contribution in [1.82, 2.24) is 0 Å². The number of hydrogen-bond donors (Lipinski definition) is 0. The van der Waals surface area contributed by atoms with Crippen LogP contribution in [0.15, 0.2) is 36.0 Å². The van der Waals surface area contributed by atoms with Gasteiger partial charge < -0.3 is 0 Å². The third-order valence-corrected chi connectivity index (χ3v) is 3.25. The Balaban J connectivity index is 2.24. The lowest BCUT2D eigenvalue weighted by atomic mass is 9.75. The molecular weight excluding hydrogens is 156 g/mol. The first kappa shape index (κ1) is 8.80. The molecule has 1 unspecified atom stereocenters. The minimum absolute atomic E-state index is 0.883. The van der Waals surface area contributed by atoms with E-state index in [-0.39, 0.29) is 0 Å². The lowest BCUT2D eigenvalue weighted by Crippen LogP contribution is -2.15. The van der Waals surface area contributed by atoms with Gasteiger partial charge in [-0.3, -0.25) is 0 Å². The first-order valence-electron chi connectivity index (χ1n) is 5.44. The molecule has 2 rings (SSSR count). The molecule has 1 atom stereocenters. The summed E-state index contributed by atoms with van der Waals surface area (Å²) in [6, 6.07) is 0. The Morgan fingerprint density at radius 2 is 2.15 bits per heavy atom. The van der Waals surface area contributed by atoms with Gasteiger partial charge in [-0.1, -0.05) is 24.8 Å². The van der Waals surface area contributed by atoms with Crippen LogP contribution in [0.4, 0.5) is 0 Å². The molecule has 0 aliphatic heterocycles. The van der Waals surface area contributed by atoms with Gasteiger partial charge in [0.05, 0.1) is 0 Å². The zero-order valence-corrected chi connectivity index (χ0v) is 8.26. The molecule has 1 fully saturated rings. The molecule has 1 saturated carbocycles. The van der Waals surface area contributed by atoms with E-state index < -0.39 is 0 Å². The molecule has 0 N–H and O–H groups in total. The first-order valence-corrected chi connectivity index (χ1v) is 5.44. The summed E-state index contributed by atoms with van der Waals surface area (Å²) in [5, 5.41) is 0. The van der Waals surface area contributed by atoms with Crippen LogP contribution in [0.5, 0.6) is 0 Å². The number of rotatable bonds is 1. The van der Waals surface area contributed by atoms with Crippen LogP contribution in [0.25, 0.3) is 0 Å². The van der Waals surface area contributed by atoms with Gasteiger partial charge in [0.25, 0.3) is 0 Å². The second kappa shape index (κ2) is 3.95. The number of allylic oxidation sites excluding steroid dienone is 5. The Kier molecular flexibility index (Phi) is 2.68. The second-order valence-electron chi connectivity index (χ2n) is 4.11. The van der Waals surface area contributed by atoms with Gasteiger partial charge in [0.2, 0.25) is 0 Å². The smallest absolute Gasteiger partial charge is 0.0162 e. The van der Waals surface area contributed by atoms with Crippen LogP contribution in [-0.4, -0.2) is 0 Å². The van der Waals surface area contributed by atoms with E-state index in [1.807, 2.05) is 6.08 Å². The molecule has 0 saturated heterocycles. The van der Waals surface area contributed by atoms with Crippen LogP contribution in [-0.2, 0) is 0 Å². The molecule has 0 bridgehead atoms. The number of fused-ring (bicyclic) bond motifs is 1. The van der Waals surface area contributed by atoms with Gasteiger partial charge >= 0.3 is 0 Å². The molecule has 13 heavy (non-hydrogen) atoms. The molecule has 0 heteroatoms. The Bertz CT molecular complexity index is 255. The van der Waals surface area contributed by atoms with Crippen molar-refractivity contribution in [3.05, 3.63) is 36.0 Å². The van der Waals surface area contributed by atoms with Crippen molar-refractivity contribution in [2.75, 3.05) is 0 Å². The van der Waals surface area contributed by atoms with Crippen LogP contribution in [0, 0.1) is 5.92 Å². The maximum Gasteiger partial charge on any atom is -0.0162 e. The van der Waals surface area contributed by atoms with Gasteiger partial charge in [-0.25, -0.2) is 0 Å². The molecule has 0 aromatic carbocycles. The normalized spacial score (nSPS) is 30.9. The summed E-state index contributed by atoms with van der Waals surface area (Å²) in [5.74, 6) is 0.883. The average Bonchev–Trinajstić information content (AvgIpc) is 2.19. The fraction of sp³-hybridized carbons (Fsp3) is 0.538. The highest BCUT2D eigenvalue weighted by Gasteiger charge is 2.23. The van der Waals surface area contributed by atoms with E-state index in [1.54, 1.807) is 11.1 Å². The SMILES string of the molecule is C=C/C=C1/CCCC2CCCC=C12. The van der Waals surface area contributed by atoms with Gasteiger partial charge in [0, 0.05) is 0 Å². The molecule has 0 aromatic heterocycles. The van der Waals surface area contributed by atoms with Crippen LogP contribution >= 0.6 is 0 Å². The summed E-state index contributed by atoms with van der Waals surface area (Å²) in [6.07, 6.45) is 14.8. The molecule has 0 spiro atoms. The fourth-order valence-corrected chi connectivity index (χ4v) is 2.64. The molecule has 0 amide bonds. The highest BCUT2D eigenvalue weighted by Crippen LogP contribution is 2.39. The molecule has 0 aromatic rings. The van der Waals surface area contributed by atoms with Crippen molar-refractivity contribution < 1.29 is 0 Å². The fourth-order valence-electron chi connectivity index (χ4n) is 2.64. The Morgan fingerprint density at radius 1 is 1.31 bits per heavy atom. The van der Waals surface area contributed by atoms with Gasteiger partial charge in [0.15, 0.2) is 0 Å². The second-order valence-corrected chi connectivity index (χ2v) is 4.11. The Hall–Kier alpha value is -0.780. The predicted octanol–water partition coefficient (Wildman–Crippen LogP) is 4.01. The topological polar surface area (TPSA) is 0 Å². The maximum atomic E-state index is 3.79. The Morgan fingerprint density at radius 3 is 3.00 bits per heavy atom. The summed E-state index contributed by atoms with van der Waals surface area (Å²) in [5.41, 5.74) is 3.21.